The summed E-state index contributed by atoms with van der Waals surface area (Å²) in [5, 5.41) is 7.47. The van der Waals surface area contributed by atoms with E-state index in [1.165, 1.54) is 63.0 Å². The number of para-hydroxylation sites is 1. The van der Waals surface area contributed by atoms with Crippen molar-refractivity contribution >= 4 is 50.8 Å². The van der Waals surface area contributed by atoms with Crippen LogP contribution in [0.5, 0.6) is 17.2 Å². The molecular formula is C53H67N3O8S. The van der Waals surface area contributed by atoms with Crippen LogP contribution < -0.4 is 19.2 Å². The van der Waals surface area contributed by atoms with Gasteiger partial charge in [0, 0.05) is 17.7 Å². The van der Waals surface area contributed by atoms with Crippen LogP contribution in [0.25, 0.3) is 10.2 Å². The number of carbonyl (C=O) groups is 3. The van der Waals surface area contributed by atoms with Crippen molar-refractivity contribution in [3.8, 4) is 17.2 Å². The smallest absolute Gasteiger partial charge is 0.330 e. The quantitative estimate of drug-likeness (QED) is 0.0150. The minimum Gasteiger partial charge on any atom is -0.494 e. The lowest BCUT2D eigenvalue weighted by atomic mass is 9.77. The molecule has 0 unspecified atom stereocenters. The van der Waals surface area contributed by atoms with E-state index < -0.39 is 5.97 Å². The van der Waals surface area contributed by atoms with Gasteiger partial charge in [0.1, 0.15) is 23.9 Å². The summed E-state index contributed by atoms with van der Waals surface area (Å²) < 4.78 is 29.7. The molecule has 0 saturated heterocycles. The Hall–Kier alpha value is -5.49. The standard InChI is InChI=1S/C53H67N3O8S/c1-4-7-10-15-39-18-22-41(23-19-39)43-26-31-48(44(36-43)37-54-56(32-35-62-51(58)6-3)53-55-47-16-11-12-17-49(47)65-53)63-38-40-20-24-42(25-21-40)52(59)64-46-29-27-45(28-30-46)60-33-13-8-9-14-34-61-50(57)5-2/h5-6,11-12,16-17,26-31,36-37,39-42H,2-4,7-10,13-15,18-25,32-35,38H2,1H3/b54-37+. The SMILES string of the molecule is C=CC(=O)OCCCCCCOc1ccc(OC(=O)C2CCC(COc3ccc(C4CCC(CCCCC)CC4)cc3/C=N/N(CCOC(=O)C=C)c3nc4ccccc4s3)CC2)cc1. The predicted octanol–water partition coefficient (Wildman–Crippen LogP) is 12.2. The van der Waals surface area contributed by atoms with E-state index in [1.54, 1.807) is 28.5 Å². The van der Waals surface area contributed by atoms with Gasteiger partial charge in [-0.15, -0.1) is 0 Å². The van der Waals surface area contributed by atoms with Crippen LogP contribution in [0.2, 0.25) is 0 Å². The number of ether oxygens (including phenoxy) is 5. The van der Waals surface area contributed by atoms with E-state index in [9.17, 15) is 14.4 Å². The van der Waals surface area contributed by atoms with Gasteiger partial charge in [-0.05, 0) is 149 Å². The van der Waals surface area contributed by atoms with Crippen LogP contribution in [0, 0.1) is 17.8 Å². The minimum atomic E-state index is -0.480. The van der Waals surface area contributed by atoms with E-state index in [4.69, 9.17) is 33.8 Å². The first-order chi connectivity index (χ1) is 31.8. The van der Waals surface area contributed by atoms with Crippen LogP contribution in [-0.4, -0.2) is 62.1 Å². The van der Waals surface area contributed by atoms with E-state index in [2.05, 4.69) is 38.3 Å². The Morgan fingerprint density at radius 3 is 2.17 bits per heavy atom. The molecule has 348 valence electrons. The number of unbranched alkanes of at least 4 members (excludes halogenated alkanes) is 5. The number of aromatic nitrogens is 1. The van der Waals surface area contributed by atoms with Gasteiger partial charge in [-0.2, -0.15) is 5.10 Å². The molecule has 3 aromatic carbocycles. The summed E-state index contributed by atoms with van der Waals surface area (Å²) in [5.74, 6) is 2.41. The molecule has 0 spiro atoms. The molecule has 0 aliphatic heterocycles. The Bertz CT molecular complexity index is 2120. The fourth-order valence-corrected chi connectivity index (χ4v) is 9.62. The molecule has 1 heterocycles. The second kappa shape index (κ2) is 26.5. The van der Waals surface area contributed by atoms with Gasteiger partial charge in [-0.25, -0.2) is 19.6 Å². The number of carbonyl (C=O) groups excluding carboxylic acids is 3. The topological polar surface area (TPSA) is 126 Å². The number of esters is 3. The second-order valence-electron chi connectivity index (χ2n) is 17.3. The van der Waals surface area contributed by atoms with Crippen LogP contribution in [0.15, 0.2) is 97.1 Å². The molecule has 2 aliphatic carbocycles. The summed E-state index contributed by atoms with van der Waals surface area (Å²) >= 11 is 1.54. The first-order valence-electron chi connectivity index (χ1n) is 23.8. The van der Waals surface area contributed by atoms with Gasteiger partial charge >= 0.3 is 17.9 Å². The average Bonchev–Trinajstić information content (AvgIpc) is 3.78. The number of nitrogens with zero attached hydrogens (tertiary/aromatic N) is 3. The van der Waals surface area contributed by atoms with E-state index in [1.807, 2.05) is 42.6 Å². The van der Waals surface area contributed by atoms with Gasteiger partial charge in [0.15, 0.2) is 0 Å². The molecule has 1 aromatic heterocycles. The molecule has 0 atom stereocenters. The van der Waals surface area contributed by atoms with Crippen LogP contribution in [-0.2, 0) is 23.9 Å². The number of hydrogen-bond acceptors (Lipinski definition) is 12. The molecule has 0 bridgehead atoms. The van der Waals surface area contributed by atoms with Crippen LogP contribution in [0.4, 0.5) is 5.13 Å². The van der Waals surface area contributed by atoms with Gasteiger partial charge < -0.3 is 23.7 Å². The molecule has 2 aliphatic rings. The third kappa shape index (κ3) is 15.9. The Balaban J connectivity index is 1.03. The molecule has 65 heavy (non-hydrogen) atoms. The predicted molar refractivity (Wildman–Crippen MR) is 259 cm³/mol. The van der Waals surface area contributed by atoms with Crippen LogP contribution in [0.3, 0.4) is 0 Å². The van der Waals surface area contributed by atoms with Gasteiger partial charge in [0.2, 0.25) is 5.13 Å². The Morgan fingerprint density at radius 2 is 1.45 bits per heavy atom. The fourth-order valence-electron chi connectivity index (χ4n) is 8.67. The Kier molecular flexibility index (Phi) is 19.9. The van der Waals surface area contributed by atoms with Crippen molar-refractivity contribution in [2.24, 2.45) is 22.9 Å². The zero-order chi connectivity index (χ0) is 45.6. The monoisotopic (exact) mass is 905 g/mol. The fraction of sp³-hybridized carbons (Fsp3) is 0.491. The van der Waals surface area contributed by atoms with Crippen molar-refractivity contribution in [1.82, 2.24) is 4.98 Å². The highest BCUT2D eigenvalue weighted by atomic mass is 32.1. The number of hydrogen-bond donors (Lipinski definition) is 0. The summed E-state index contributed by atoms with van der Waals surface area (Å²) in [6.07, 6.45) is 21.2. The maximum Gasteiger partial charge on any atom is 0.330 e. The van der Waals surface area contributed by atoms with E-state index in [-0.39, 0.29) is 24.5 Å². The average molecular weight is 906 g/mol. The number of fused-ring (bicyclic) bond motifs is 1. The molecule has 0 N–H and O–H groups in total. The number of anilines is 1. The highest BCUT2D eigenvalue weighted by Gasteiger charge is 2.29. The van der Waals surface area contributed by atoms with Crippen molar-refractivity contribution in [3.05, 3.63) is 103 Å². The molecule has 2 fully saturated rings. The van der Waals surface area contributed by atoms with E-state index >= 15 is 0 Å². The zero-order valence-electron chi connectivity index (χ0n) is 38.2. The molecule has 0 radical (unpaired) electrons. The summed E-state index contributed by atoms with van der Waals surface area (Å²) in [7, 11) is 0. The van der Waals surface area contributed by atoms with Crippen LogP contribution in [0.1, 0.15) is 127 Å². The van der Waals surface area contributed by atoms with Crippen molar-refractivity contribution in [3.63, 3.8) is 0 Å². The van der Waals surface area contributed by atoms with Crippen LogP contribution >= 0.6 is 11.3 Å². The maximum atomic E-state index is 13.2. The number of hydrazone groups is 1. The second-order valence-corrected chi connectivity index (χ2v) is 18.3. The minimum absolute atomic E-state index is 0.128. The molecule has 4 aromatic rings. The molecule has 0 amide bonds. The maximum absolute atomic E-state index is 13.2. The zero-order valence-corrected chi connectivity index (χ0v) is 39.0. The Morgan fingerprint density at radius 1 is 0.754 bits per heavy atom. The largest absolute Gasteiger partial charge is 0.494 e. The molecular weight excluding hydrogens is 839 g/mol. The third-order valence-electron chi connectivity index (χ3n) is 12.5. The lowest BCUT2D eigenvalue weighted by molar-refractivity contribution is -0.140. The normalized spacial score (nSPS) is 18.5. The first-order valence-corrected chi connectivity index (χ1v) is 24.6. The molecule has 6 rings (SSSR count). The molecule has 2 saturated carbocycles. The van der Waals surface area contributed by atoms with Crippen molar-refractivity contribution in [1.29, 1.82) is 0 Å². The highest BCUT2D eigenvalue weighted by Crippen LogP contribution is 2.39. The van der Waals surface area contributed by atoms with E-state index in [0.29, 0.717) is 49.1 Å². The lowest BCUT2D eigenvalue weighted by Gasteiger charge is -2.29. The summed E-state index contributed by atoms with van der Waals surface area (Å²) in [4.78, 5) is 41.1. The third-order valence-corrected chi connectivity index (χ3v) is 13.6. The van der Waals surface area contributed by atoms with Crippen molar-refractivity contribution in [2.45, 2.75) is 116 Å². The summed E-state index contributed by atoms with van der Waals surface area (Å²) in [5.41, 5.74) is 3.10. The van der Waals surface area contributed by atoms with Gasteiger partial charge in [0.25, 0.3) is 0 Å². The highest BCUT2D eigenvalue weighted by molar-refractivity contribution is 7.22. The summed E-state index contributed by atoms with van der Waals surface area (Å²) in [6, 6.07) is 21.8. The van der Waals surface area contributed by atoms with E-state index in [0.717, 1.165) is 90.6 Å². The van der Waals surface area contributed by atoms with Gasteiger partial charge in [0.05, 0.1) is 48.7 Å². The first kappa shape index (κ1) is 49.0. The molecule has 12 heteroatoms. The number of rotatable bonds is 26. The van der Waals surface area contributed by atoms with Gasteiger partial charge in [-0.1, -0.05) is 75.3 Å². The Labute approximate surface area is 389 Å². The van der Waals surface area contributed by atoms with Gasteiger partial charge in [-0.3, -0.25) is 4.79 Å². The lowest BCUT2D eigenvalue weighted by Crippen LogP contribution is -2.27. The summed E-state index contributed by atoms with van der Waals surface area (Å²) in [6.45, 7) is 11.2. The number of benzene rings is 3. The van der Waals surface area contributed by atoms with Crippen molar-refractivity contribution < 1.29 is 38.1 Å². The van der Waals surface area contributed by atoms with Crippen molar-refractivity contribution in [2.75, 3.05) is 38.0 Å². The number of thiazole rings is 1. The molecule has 11 nitrogen and oxygen atoms in total.